The minimum Gasteiger partial charge on any atom is -0.481 e. The number of thiazole rings is 1. The van der Waals surface area contributed by atoms with Gasteiger partial charge in [-0.1, -0.05) is 30.3 Å². The molecule has 3 aromatic carbocycles. The molecule has 0 spiro atoms. The summed E-state index contributed by atoms with van der Waals surface area (Å²) >= 11 is 1.65. The molecule has 7 rings (SSSR count). The molecule has 244 valence electrons. The maximum atomic E-state index is 12.5. The van der Waals surface area contributed by atoms with Crippen LogP contribution in [0.2, 0.25) is 0 Å². The van der Waals surface area contributed by atoms with Gasteiger partial charge in [-0.15, -0.1) is 11.3 Å². The number of benzene rings is 3. The number of oxazole rings is 1. The van der Waals surface area contributed by atoms with Crippen LogP contribution in [0.4, 0.5) is 4.79 Å². The molecule has 11 heteroatoms. The number of nitriles is 1. The Balaban J connectivity index is 1.17. The normalized spacial score (nSPS) is 15.1. The third-order valence-corrected chi connectivity index (χ3v) is 10.7. The highest BCUT2D eigenvalue weighted by atomic mass is 32.1. The van der Waals surface area contributed by atoms with Gasteiger partial charge in [-0.3, -0.25) is 9.69 Å². The number of aromatic nitrogens is 2. The van der Waals surface area contributed by atoms with Crippen molar-refractivity contribution in [3.05, 3.63) is 81.4 Å². The first-order valence-electron chi connectivity index (χ1n) is 16.0. The molecule has 1 fully saturated rings. The van der Waals surface area contributed by atoms with Crippen LogP contribution in [0.25, 0.3) is 44.3 Å². The van der Waals surface area contributed by atoms with Gasteiger partial charge in [0.15, 0.2) is 5.58 Å². The van der Waals surface area contributed by atoms with Crippen LogP contribution in [0.5, 0.6) is 0 Å². The summed E-state index contributed by atoms with van der Waals surface area (Å²) in [5.41, 5.74) is 9.66. The van der Waals surface area contributed by atoms with Gasteiger partial charge in [0.05, 0.1) is 30.3 Å². The van der Waals surface area contributed by atoms with E-state index in [2.05, 4.69) is 49.1 Å². The number of hydrogen-bond acceptors (Lipinski definition) is 8. The standard InChI is InChI=1S/C37H36N6O4S/c1-21-26(27-8-6-10-29(22(27)2)35-40-31-19-43(20-32(31)48-35)37(46)41(3)4)7-5-9-28(21)34-39-30-16-23(15-25(17-38)33(30)47-34)18-42-13-11-24(12-14-42)36(44)45/h5-10,15-16,24H,11-14,18-20H2,1-4H3,(H,44,45). The SMILES string of the molecule is Cc1c(-c2nc3cc(CN4CCC(C(=O)O)CC4)cc(C#N)c3o2)cccc1-c1cccc(-c2nc3c(s2)CN(C(=O)N(C)C)C3)c1C. The average Bonchev–Trinajstić information content (AvgIpc) is 3.78. The lowest BCUT2D eigenvalue weighted by Crippen LogP contribution is -2.35. The van der Waals surface area contributed by atoms with Crippen LogP contribution in [0.15, 0.2) is 52.9 Å². The van der Waals surface area contributed by atoms with Gasteiger partial charge in [-0.25, -0.2) is 14.8 Å². The van der Waals surface area contributed by atoms with E-state index in [1.54, 1.807) is 30.3 Å². The topological polar surface area (TPSA) is 127 Å². The predicted molar refractivity (Wildman–Crippen MR) is 184 cm³/mol. The zero-order valence-corrected chi connectivity index (χ0v) is 28.2. The largest absolute Gasteiger partial charge is 0.481 e. The summed E-state index contributed by atoms with van der Waals surface area (Å²) < 4.78 is 6.28. The third kappa shape index (κ3) is 5.71. The van der Waals surface area contributed by atoms with Crippen molar-refractivity contribution in [1.29, 1.82) is 5.26 Å². The number of aliphatic carboxylic acids is 1. The minimum atomic E-state index is -0.727. The molecule has 0 atom stereocenters. The fourth-order valence-electron chi connectivity index (χ4n) is 6.87. The molecule has 5 aromatic rings. The number of fused-ring (bicyclic) bond motifs is 2. The molecule has 2 aliphatic heterocycles. The summed E-state index contributed by atoms with van der Waals surface area (Å²) in [6.45, 7) is 7.32. The van der Waals surface area contributed by atoms with E-state index in [1.165, 1.54) is 0 Å². The van der Waals surface area contributed by atoms with Crippen molar-refractivity contribution < 1.29 is 19.1 Å². The van der Waals surface area contributed by atoms with Crippen LogP contribution >= 0.6 is 11.3 Å². The Labute approximate surface area is 282 Å². The predicted octanol–water partition coefficient (Wildman–Crippen LogP) is 7.07. The zero-order valence-electron chi connectivity index (χ0n) is 27.4. The number of rotatable bonds is 6. The molecular weight excluding hydrogens is 625 g/mol. The second kappa shape index (κ2) is 12.5. The Hall–Kier alpha value is -5.05. The Morgan fingerprint density at radius 2 is 1.67 bits per heavy atom. The monoisotopic (exact) mass is 660 g/mol. The van der Waals surface area contributed by atoms with E-state index in [9.17, 15) is 20.0 Å². The van der Waals surface area contributed by atoms with Gasteiger partial charge < -0.3 is 19.3 Å². The van der Waals surface area contributed by atoms with E-state index in [4.69, 9.17) is 14.4 Å². The molecule has 0 aliphatic carbocycles. The van der Waals surface area contributed by atoms with Gasteiger partial charge >= 0.3 is 12.0 Å². The summed E-state index contributed by atoms with van der Waals surface area (Å²) in [5.74, 6) is -0.556. The first-order chi connectivity index (χ1) is 23.1. The number of nitrogens with zero attached hydrogens (tertiary/aromatic N) is 6. The van der Waals surface area contributed by atoms with Crippen LogP contribution in [-0.4, -0.2) is 69.0 Å². The number of amides is 2. The van der Waals surface area contributed by atoms with E-state index < -0.39 is 5.97 Å². The van der Waals surface area contributed by atoms with Gasteiger partial charge in [-0.05, 0) is 85.8 Å². The molecule has 2 aliphatic rings. The summed E-state index contributed by atoms with van der Waals surface area (Å²) in [5, 5.41) is 20.3. The van der Waals surface area contributed by atoms with Crippen molar-refractivity contribution in [3.63, 3.8) is 0 Å². The smallest absolute Gasteiger partial charge is 0.320 e. The van der Waals surface area contributed by atoms with Crippen molar-refractivity contribution in [3.8, 4) is 39.2 Å². The molecule has 0 saturated carbocycles. The summed E-state index contributed by atoms with van der Waals surface area (Å²) in [6, 6.07) is 18.5. The van der Waals surface area contributed by atoms with Gasteiger partial charge in [0.25, 0.3) is 0 Å². The summed E-state index contributed by atoms with van der Waals surface area (Å²) in [6.07, 6.45) is 1.25. The number of carboxylic acid groups (broad SMARTS) is 1. The lowest BCUT2D eigenvalue weighted by atomic mass is 9.91. The maximum absolute atomic E-state index is 12.5. The molecule has 2 aromatic heterocycles. The second-order valence-corrected chi connectivity index (χ2v) is 14.0. The second-order valence-electron chi connectivity index (χ2n) is 12.9. The lowest BCUT2D eigenvalue weighted by molar-refractivity contribution is -0.143. The molecule has 1 N–H and O–H groups in total. The third-order valence-electron chi connectivity index (χ3n) is 9.54. The Bertz CT molecular complexity index is 2090. The molecular formula is C37H36N6O4S. The quantitative estimate of drug-likeness (QED) is 0.205. The van der Waals surface area contributed by atoms with Crippen molar-refractivity contribution in [2.75, 3.05) is 27.2 Å². The van der Waals surface area contributed by atoms with Crippen molar-refractivity contribution >= 4 is 34.4 Å². The van der Waals surface area contributed by atoms with E-state index in [1.807, 2.05) is 29.2 Å². The highest BCUT2D eigenvalue weighted by molar-refractivity contribution is 7.15. The first kappa shape index (κ1) is 31.5. The van der Waals surface area contributed by atoms with Gasteiger partial charge in [-0.2, -0.15) is 5.26 Å². The van der Waals surface area contributed by atoms with Crippen LogP contribution in [0, 0.1) is 31.1 Å². The Morgan fingerprint density at radius 3 is 2.31 bits per heavy atom. The summed E-state index contributed by atoms with van der Waals surface area (Å²) in [7, 11) is 3.53. The van der Waals surface area contributed by atoms with Crippen molar-refractivity contribution in [2.45, 2.75) is 46.3 Å². The molecule has 2 amide bonds. The van der Waals surface area contributed by atoms with E-state index >= 15 is 0 Å². The van der Waals surface area contributed by atoms with E-state index in [0.717, 1.165) is 54.5 Å². The van der Waals surface area contributed by atoms with E-state index in [0.29, 0.717) is 68.1 Å². The highest BCUT2D eigenvalue weighted by Gasteiger charge is 2.29. The number of piperidine rings is 1. The Morgan fingerprint density at radius 1 is 1.00 bits per heavy atom. The molecule has 0 unspecified atom stereocenters. The fraction of sp³-hybridized carbons (Fsp3) is 0.324. The van der Waals surface area contributed by atoms with Gasteiger partial charge in [0.2, 0.25) is 5.89 Å². The lowest BCUT2D eigenvalue weighted by Gasteiger charge is -2.30. The zero-order chi connectivity index (χ0) is 33.7. The average molecular weight is 661 g/mol. The van der Waals surface area contributed by atoms with Crippen LogP contribution in [-0.2, 0) is 24.4 Å². The van der Waals surface area contributed by atoms with Gasteiger partial charge in [0, 0.05) is 36.6 Å². The van der Waals surface area contributed by atoms with E-state index in [-0.39, 0.29) is 11.9 Å². The fourth-order valence-corrected chi connectivity index (χ4v) is 8.04. The van der Waals surface area contributed by atoms with Crippen molar-refractivity contribution in [1.82, 2.24) is 24.7 Å². The maximum Gasteiger partial charge on any atom is 0.320 e. The highest BCUT2D eigenvalue weighted by Crippen LogP contribution is 2.40. The minimum absolute atomic E-state index is 0.00628. The van der Waals surface area contributed by atoms with Crippen LogP contribution in [0.1, 0.15) is 45.7 Å². The molecule has 1 saturated heterocycles. The number of urea groups is 1. The van der Waals surface area contributed by atoms with Crippen LogP contribution in [0.3, 0.4) is 0 Å². The first-order valence-corrected chi connectivity index (χ1v) is 16.9. The molecule has 0 radical (unpaired) electrons. The van der Waals surface area contributed by atoms with Crippen molar-refractivity contribution in [2.24, 2.45) is 5.92 Å². The molecule has 4 heterocycles. The number of hydrogen-bond donors (Lipinski definition) is 1. The van der Waals surface area contributed by atoms with Crippen LogP contribution < -0.4 is 0 Å². The molecule has 0 bridgehead atoms. The summed E-state index contributed by atoms with van der Waals surface area (Å²) in [4.78, 5) is 40.4. The number of carbonyl (C=O) groups is 2. The Kier molecular flexibility index (Phi) is 8.23. The van der Waals surface area contributed by atoms with Gasteiger partial charge in [0.1, 0.15) is 16.6 Å². The molecule has 10 nitrogen and oxygen atoms in total. The number of carboxylic acids is 1. The molecule has 48 heavy (non-hydrogen) atoms. The number of likely N-dealkylation sites (tertiary alicyclic amines) is 1. The number of carbonyl (C=O) groups excluding carboxylic acids is 1.